The molecule has 1 aliphatic rings. The van der Waals surface area contributed by atoms with Gasteiger partial charge in [-0.05, 0) is 24.6 Å². The van der Waals surface area contributed by atoms with E-state index in [9.17, 15) is 23.9 Å². The topological polar surface area (TPSA) is 219 Å². The Morgan fingerprint density at radius 2 is 1.84 bits per heavy atom. The van der Waals surface area contributed by atoms with Crippen molar-refractivity contribution in [2.24, 2.45) is 0 Å². The molecule has 5 N–H and O–H groups in total. The number of aliphatic hydroxyl groups is 1. The number of ether oxygens (including phenoxy) is 2. The Morgan fingerprint density at radius 3 is 2.57 bits per heavy atom. The lowest BCUT2D eigenvalue weighted by Gasteiger charge is -2.24. The van der Waals surface area contributed by atoms with E-state index >= 15 is 0 Å². The molecule has 234 valence electrons. The van der Waals surface area contributed by atoms with Crippen molar-refractivity contribution in [1.82, 2.24) is 24.6 Å². The zero-order valence-corrected chi connectivity index (χ0v) is 25.1. The van der Waals surface area contributed by atoms with Gasteiger partial charge < -0.3 is 29.7 Å². The Kier molecular flexibility index (Phi) is 9.73. The van der Waals surface area contributed by atoms with Crippen LogP contribution in [-0.4, -0.2) is 60.3 Å². The van der Waals surface area contributed by atoms with Crippen molar-refractivity contribution in [1.29, 1.82) is 0 Å². The van der Waals surface area contributed by atoms with Crippen molar-refractivity contribution in [2.45, 2.75) is 44.4 Å². The number of benzene rings is 2. The Labute approximate surface area is 251 Å². The van der Waals surface area contributed by atoms with Gasteiger partial charge in [0, 0.05) is 6.42 Å². The molecule has 5 rings (SSSR count). The number of fused-ring (bicyclic) bond motifs is 1. The predicted molar refractivity (Wildman–Crippen MR) is 155 cm³/mol. The lowest BCUT2D eigenvalue weighted by atomic mass is 10.2. The normalized spacial score (nSPS) is 21.8. The van der Waals surface area contributed by atoms with E-state index in [1.54, 1.807) is 42.5 Å². The summed E-state index contributed by atoms with van der Waals surface area (Å²) in [6, 6.07) is 15.3. The van der Waals surface area contributed by atoms with Gasteiger partial charge >= 0.3 is 21.5 Å². The van der Waals surface area contributed by atoms with E-state index in [2.05, 4.69) is 20.0 Å². The number of phosphoric acid groups is 1. The first-order valence-corrected chi connectivity index (χ1v) is 16.3. The summed E-state index contributed by atoms with van der Waals surface area (Å²) in [5.41, 5.74) is 7.18. The highest BCUT2D eigenvalue weighted by Gasteiger charge is 2.43. The van der Waals surface area contributed by atoms with Gasteiger partial charge in [-0.15, -0.1) is 0 Å². The highest BCUT2D eigenvalue weighted by Crippen LogP contribution is 2.60. The number of nitrogens with two attached hydrogens (primary N) is 1. The standard InChI is InChI=1S/C26H30N6O10P2/c1-17(26(34)38-13-18-8-4-2-5-9-18)31-43(35,41-19-10-6-3-7-11-19)42-44(36,37)39-14-20-12-21(33)25(40-20)32-16-30-22-23(27)28-15-29-24(22)32/h2-11,15-17,20-21,25,33H,12-14H2,1H3,(H,31,35)(H,36,37)(H2,27,28,29)/t17-,20-,21-,25?,43?/m0/s1. The molecule has 1 saturated heterocycles. The lowest BCUT2D eigenvalue weighted by molar-refractivity contribution is -0.146. The van der Waals surface area contributed by atoms with Gasteiger partial charge in [0.15, 0.2) is 17.7 Å². The van der Waals surface area contributed by atoms with Crippen LogP contribution in [0.4, 0.5) is 5.82 Å². The summed E-state index contributed by atoms with van der Waals surface area (Å²) in [7, 11) is -9.86. The van der Waals surface area contributed by atoms with E-state index < -0.39 is 52.6 Å². The number of phosphoric ester groups is 1. The van der Waals surface area contributed by atoms with Crippen LogP contribution in [0.15, 0.2) is 73.3 Å². The molecule has 0 spiro atoms. The number of nitrogens with one attached hydrogen (secondary N) is 1. The zero-order valence-electron chi connectivity index (χ0n) is 23.3. The summed E-state index contributed by atoms with van der Waals surface area (Å²) in [5.74, 6) is -0.647. The maximum Gasteiger partial charge on any atom is 0.481 e. The van der Waals surface area contributed by atoms with Crippen molar-refractivity contribution in [2.75, 3.05) is 12.3 Å². The van der Waals surface area contributed by atoms with Crippen LogP contribution >= 0.6 is 15.6 Å². The molecule has 1 aliphatic heterocycles. The molecule has 3 unspecified atom stereocenters. The summed E-state index contributed by atoms with van der Waals surface area (Å²) in [6.45, 7) is 0.736. The molecule has 3 heterocycles. The first-order valence-electron chi connectivity index (χ1n) is 13.3. The number of esters is 1. The molecule has 1 fully saturated rings. The van der Waals surface area contributed by atoms with Gasteiger partial charge in [0.1, 0.15) is 36.3 Å². The van der Waals surface area contributed by atoms with Crippen LogP contribution in [0.1, 0.15) is 25.1 Å². The Bertz CT molecular complexity index is 1680. The van der Waals surface area contributed by atoms with Gasteiger partial charge in [-0.2, -0.15) is 9.40 Å². The monoisotopic (exact) mass is 648 g/mol. The minimum atomic E-state index is -5.12. The molecule has 16 nitrogen and oxygen atoms in total. The van der Waals surface area contributed by atoms with Crippen LogP contribution in [0, 0.1) is 0 Å². The fourth-order valence-corrected chi connectivity index (χ4v) is 7.29. The first kappa shape index (κ1) is 31.7. The Balaban J connectivity index is 1.23. The number of carbonyl (C=O) groups is 1. The van der Waals surface area contributed by atoms with E-state index in [0.29, 0.717) is 11.2 Å². The molecule has 0 aliphatic carbocycles. The SMILES string of the molecule is C[C@H](NP(=O)(Oc1ccccc1)OP(=O)(O)OC[C@@H]1C[C@H](O)C(n2cnc3c(N)ncnc32)O1)C(=O)OCc1ccccc1. The molecular weight excluding hydrogens is 618 g/mol. The molecule has 6 atom stereocenters. The van der Waals surface area contributed by atoms with Crippen molar-refractivity contribution in [3.63, 3.8) is 0 Å². The van der Waals surface area contributed by atoms with Crippen LogP contribution in [0.25, 0.3) is 11.2 Å². The summed E-state index contributed by atoms with van der Waals surface area (Å²) in [5, 5.41) is 13.0. The number of aromatic nitrogens is 4. The van der Waals surface area contributed by atoms with Crippen LogP contribution < -0.4 is 15.3 Å². The van der Waals surface area contributed by atoms with Gasteiger partial charge in [0.25, 0.3) is 0 Å². The second-order valence-corrected chi connectivity index (χ2v) is 13.0. The number of carbonyl (C=O) groups excluding carboxylic acids is 1. The Morgan fingerprint density at radius 1 is 1.14 bits per heavy atom. The van der Waals surface area contributed by atoms with E-state index in [1.807, 2.05) is 6.07 Å². The molecule has 18 heteroatoms. The van der Waals surface area contributed by atoms with Crippen molar-refractivity contribution in [3.05, 3.63) is 78.9 Å². The van der Waals surface area contributed by atoms with E-state index in [1.165, 1.54) is 36.3 Å². The van der Waals surface area contributed by atoms with Gasteiger partial charge in [0.05, 0.1) is 19.0 Å². The molecule has 0 radical (unpaired) electrons. The largest absolute Gasteiger partial charge is 0.481 e. The lowest BCUT2D eigenvalue weighted by Crippen LogP contribution is -2.35. The van der Waals surface area contributed by atoms with Crippen molar-refractivity contribution in [3.8, 4) is 5.75 Å². The summed E-state index contributed by atoms with van der Waals surface area (Å²) in [6.07, 6.45) is -0.282. The van der Waals surface area contributed by atoms with Crippen LogP contribution in [0.2, 0.25) is 0 Å². The van der Waals surface area contributed by atoms with Gasteiger partial charge in [-0.3, -0.25) is 13.9 Å². The number of imidazole rings is 1. The number of hydrogen-bond acceptors (Lipinski definition) is 13. The number of aliphatic hydroxyl groups excluding tert-OH is 1. The smallest absolute Gasteiger partial charge is 0.460 e. The minimum absolute atomic E-state index is 0.00558. The average Bonchev–Trinajstić information content (AvgIpc) is 3.59. The van der Waals surface area contributed by atoms with Crippen molar-refractivity contribution >= 4 is 38.5 Å². The highest BCUT2D eigenvalue weighted by atomic mass is 31.3. The van der Waals surface area contributed by atoms with Crippen LogP contribution in [0.3, 0.4) is 0 Å². The summed E-state index contributed by atoms with van der Waals surface area (Å²) >= 11 is 0. The fourth-order valence-electron chi connectivity index (χ4n) is 4.31. The first-order chi connectivity index (χ1) is 21.0. The summed E-state index contributed by atoms with van der Waals surface area (Å²) < 4.78 is 54.8. The fraction of sp³-hybridized carbons (Fsp3) is 0.308. The number of nitrogens with zero attached hydrogens (tertiary/aromatic N) is 4. The van der Waals surface area contributed by atoms with Crippen LogP contribution in [-0.2, 0) is 38.8 Å². The van der Waals surface area contributed by atoms with E-state index in [4.69, 9.17) is 28.6 Å². The molecule has 4 aromatic rings. The molecule has 0 bridgehead atoms. The average molecular weight is 649 g/mol. The molecule has 2 aromatic carbocycles. The van der Waals surface area contributed by atoms with E-state index in [0.717, 1.165) is 5.56 Å². The molecular formula is C26H30N6O10P2. The second kappa shape index (κ2) is 13.5. The maximum atomic E-state index is 13.7. The van der Waals surface area contributed by atoms with Crippen LogP contribution in [0.5, 0.6) is 5.75 Å². The molecule has 2 aromatic heterocycles. The predicted octanol–water partition coefficient (Wildman–Crippen LogP) is 3.10. The number of rotatable bonds is 13. The molecule has 0 amide bonds. The third-order valence-corrected chi connectivity index (χ3v) is 9.67. The highest BCUT2D eigenvalue weighted by molar-refractivity contribution is 7.63. The zero-order chi connectivity index (χ0) is 31.3. The minimum Gasteiger partial charge on any atom is -0.460 e. The number of hydrogen-bond donors (Lipinski definition) is 4. The second-order valence-electron chi connectivity index (χ2n) is 9.73. The third-order valence-electron chi connectivity index (χ3n) is 6.36. The molecule has 44 heavy (non-hydrogen) atoms. The van der Waals surface area contributed by atoms with Gasteiger partial charge in [-0.25, -0.2) is 24.1 Å². The van der Waals surface area contributed by atoms with Crippen molar-refractivity contribution < 1.29 is 46.8 Å². The molecule has 0 saturated carbocycles. The maximum absolute atomic E-state index is 13.7. The van der Waals surface area contributed by atoms with Gasteiger partial charge in [-0.1, -0.05) is 48.5 Å². The quantitative estimate of drug-likeness (QED) is 0.121. The summed E-state index contributed by atoms with van der Waals surface area (Å²) in [4.78, 5) is 35.3. The van der Waals surface area contributed by atoms with Gasteiger partial charge in [0.2, 0.25) is 0 Å². The van der Waals surface area contributed by atoms with E-state index in [-0.39, 0.29) is 24.6 Å². The number of nitrogen functional groups attached to an aromatic ring is 1. The third kappa shape index (κ3) is 7.86. The number of para-hydroxylation sites is 1. The Hall–Kier alpha value is -3.72. The number of anilines is 1.